The zero-order chi connectivity index (χ0) is 49.4. The molecule has 62 heavy (non-hydrogen) atoms. The molecule has 0 aromatic rings. The lowest BCUT2D eigenvalue weighted by molar-refractivity contribution is -0.244. The summed E-state index contributed by atoms with van der Waals surface area (Å²) in [6, 6.07) is 0. The van der Waals surface area contributed by atoms with Crippen LogP contribution in [0.3, 0.4) is 0 Å². The van der Waals surface area contributed by atoms with Crippen molar-refractivity contribution in [2.45, 2.75) is 225 Å². The lowest BCUT2D eigenvalue weighted by atomic mass is 9.58. The minimum atomic E-state index is -2.50. The second kappa shape index (κ2) is 29.7. The highest BCUT2D eigenvalue weighted by Crippen LogP contribution is 2.80. The number of hydrogen-bond acceptors (Lipinski definition) is 10. The van der Waals surface area contributed by atoms with Crippen molar-refractivity contribution >= 4 is 17.7 Å². The van der Waals surface area contributed by atoms with Crippen LogP contribution in [0.25, 0.3) is 0 Å². The van der Waals surface area contributed by atoms with E-state index in [-0.39, 0.29) is 5.57 Å². The van der Waals surface area contributed by atoms with Gasteiger partial charge < -0.3 is 34.6 Å². The number of epoxide rings is 1. The maximum atomic E-state index is 13.5. The number of aliphatic hydroxyl groups excluding tert-OH is 2. The first kappa shape index (κ1) is 63.7. The molecule has 5 rings (SSSR count). The Balaban J connectivity index is -0.00000208. The van der Waals surface area contributed by atoms with Crippen LogP contribution < -0.4 is 0 Å². The first-order valence-corrected chi connectivity index (χ1v) is 24.6. The Hall–Kier alpha value is -2.63. The fraction of sp³-hybridized carbons (Fsp3) is 0.788. The first-order valence-electron chi connectivity index (χ1n) is 24.6. The monoisotopic (exact) mass is 881 g/mol. The standard InChI is InChI=1S/C37H52O10.C3H8.6C2H6/c1-8-10-11-12-13-14-15-16-17-18-25(39)45-29-23(5)35(43)24-19-22(4)28(40)36(24,44)32(42)34(20-38)30(46-34)26(35)27-33(6,7)37(27,29)47-31(41)21(3)9-2;1-3-2;6*1-2/h13-19,21,23-24,26-27,29-30,32,38,42-44H,8-12,20H2,1-7H3;3H2,1-2H3;6*1-2H3. The van der Waals surface area contributed by atoms with Crippen molar-refractivity contribution < 1.29 is 49.0 Å². The number of ketones is 1. The molecular weight excluding hydrogens is 785 g/mol. The third-order valence-electron chi connectivity index (χ3n) is 12.2. The summed E-state index contributed by atoms with van der Waals surface area (Å²) in [7, 11) is 0. The summed E-state index contributed by atoms with van der Waals surface area (Å²) < 4.78 is 18.5. The van der Waals surface area contributed by atoms with Crippen molar-refractivity contribution in [2.24, 2.45) is 35.0 Å². The second-order valence-electron chi connectivity index (χ2n) is 15.7. The molecule has 12 unspecified atom stereocenters. The number of carbonyl (C=O) groups excluding carboxylic acids is 3. The van der Waals surface area contributed by atoms with Crippen molar-refractivity contribution in [3.63, 3.8) is 0 Å². The van der Waals surface area contributed by atoms with E-state index in [9.17, 15) is 34.8 Å². The van der Waals surface area contributed by atoms with Crippen molar-refractivity contribution in [3.8, 4) is 0 Å². The van der Waals surface area contributed by atoms with E-state index in [1.54, 1.807) is 26.0 Å². The maximum absolute atomic E-state index is 13.5. The van der Waals surface area contributed by atoms with Gasteiger partial charge in [0.2, 0.25) is 0 Å². The van der Waals surface area contributed by atoms with Crippen LogP contribution in [-0.4, -0.2) is 85.5 Å². The fourth-order valence-electron chi connectivity index (χ4n) is 9.21. The van der Waals surface area contributed by atoms with Gasteiger partial charge in [-0.15, -0.1) is 0 Å². The molecule has 10 heteroatoms. The predicted octanol–water partition coefficient (Wildman–Crippen LogP) is 11.1. The molecule has 4 N–H and O–H groups in total. The summed E-state index contributed by atoms with van der Waals surface area (Å²) in [5.74, 6) is -6.35. The molecule has 0 radical (unpaired) electrons. The number of ether oxygens (including phenoxy) is 3. The summed E-state index contributed by atoms with van der Waals surface area (Å²) in [6.07, 6.45) is 13.9. The van der Waals surface area contributed by atoms with Gasteiger partial charge >= 0.3 is 11.9 Å². The van der Waals surface area contributed by atoms with Gasteiger partial charge in [0.15, 0.2) is 17.0 Å². The van der Waals surface area contributed by atoms with Gasteiger partial charge in [0.05, 0.1) is 24.2 Å². The molecule has 1 aliphatic heterocycles. The smallest absolute Gasteiger partial charge is 0.331 e. The van der Waals surface area contributed by atoms with Gasteiger partial charge in [-0.2, -0.15) is 0 Å². The highest BCUT2D eigenvalue weighted by atomic mass is 16.6. The third-order valence-corrected chi connectivity index (χ3v) is 12.2. The summed E-state index contributed by atoms with van der Waals surface area (Å²) in [4.78, 5) is 40.4. The number of hydrogen-bond donors (Lipinski definition) is 4. The molecule has 0 amide bonds. The highest BCUT2D eigenvalue weighted by Gasteiger charge is 2.93. The van der Waals surface area contributed by atoms with Gasteiger partial charge in [-0.1, -0.05) is 194 Å². The molecule has 1 heterocycles. The van der Waals surface area contributed by atoms with E-state index in [4.69, 9.17) is 14.2 Å². The van der Waals surface area contributed by atoms with Crippen LogP contribution >= 0.6 is 0 Å². The van der Waals surface area contributed by atoms with Crippen molar-refractivity contribution in [1.82, 2.24) is 0 Å². The quantitative estimate of drug-likeness (QED) is 0.0488. The van der Waals surface area contributed by atoms with Crippen LogP contribution in [0.2, 0.25) is 0 Å². The molecule has 364 valence electrons. The molecule has 0 aromatic heterocycles. The number of allylic oxidation sites excluding steroid dienone is 5. The topological polar surface area (TPSA) is 163 Å². The SMILES string of the molecule is CC.CC.CC.CC.CC.CC.CCC.CCCCCC=CC=CC=CC(=O)OC1C(C)C2(O)C(C3OC3(CO)C(O)C3(O)C(=O)C(C)=CC32)C2C(C)(C)C12OC(=O)C(C)CC. The lowest BCUT2D eigenvalue weighted by Gasteiger charge is -2.53. The Labute approximate surface area is 380 Å². The molecule has 4 aliphatic carbocycles. The Morgan fingerprint density at radius 3 is 1.87 bits per heavy atom. The van der Waals surface area contributed by atoms with Crippen LogP contribution in [0.1, 0.15) is 184 Å². The zero-order valence-corrected chi connectivity index (χ0v) is 43.3. The van der Waals surface area contributed by atoms with Crippen LogP contribution in [-0.2, 0) is 28.6 Å². The van der Waals surface area contributed by atoms with E-state index >= 15 is 0 Å². The third kappa shape index (κ3) is 12.2. The van der Waals surface area contributed by atoms with Gasteiger partial charge in [-0.3, -0.25) is 9.59 Å². The fourth-order valence-corrected chi connectivity index (χ4v) is 9.21. The molecule has 0 spiro atoms. The maximum Gasteiger partial charge on any atom is 0.331 e. The molecule has 0 bridgehead atoms. The van der Waals surface area contributed by atoms with Gasteiger partial charge in [0, 0.05) is 35.2 Å². The summed E-state index contributed by atoms with van der Waals surface area (Å²) in [5, 5.41) is 47.2. The van der Waals surface area contributed by atoms with E-state index in [1.807, 2.05) is 116 Å². The van der Waals surface area contributed by atoms with E-state index in [2.05, 4.69) is 26.8 Å². The number of rotatable bonds is 12. The summed E-state index contributed by atoms with van der Waals surface area (Å²) >= 11 is 0. The van der Waals surface area contributed by atoms with E-state index in [0.717, 1.165) is 19.3 Å². The Kier molecular flexibility index (Phi) is 30.5. The van der Waals surface area contributed by atoms with Crippen LogP contribution in [0.5, 0.6) is 0 Å². The number of fused-ring (bicyclic) bond motifs is 7. The average Bonchev–Trinajstić information content (AvgIpc) is 4.13. The van der Waals surface area contributed by atoms with Crippen LogP contribution in [0.15, 0.2) is 48.1 Å². The van der Waals surface area contributed by atoms with Gasteiger partial charge in [-0.05, 0) is 31.8 Å². The molecule has 10 nitrogen and oxygen atoms in total. The van der Waals surface area contributed by atoms with Crippen LogP contribution in [0, 0.1) is 35.0 Å². The normalized spacial score (nSPS) is 33.9. The van der Waals surface area contributed by atoms with Crippen molar-refractivity contribution in [1.29, 1.82) is 0 Å². The minimum Gasteiger partial charge on any atom is -0.455 e. The van der Waals surface area contributed by atoms with Gasteiger partial charge in [0.1, 0.15) is 17.8 Å². The molecule has 0 aromatic carbocycles. The Morgan fingerprint density at radius 1 is 0.871 bits per heavy atom. The molecule has 5 aliphatic rings. The minimum absolute atomic E-state index is 0.154. The summed E-state index contributed by atoms with van der Waals surface area (Å²) in [6.45, 7) is 40.2. The van der Waals surface area contributed by atoms with Crippen LogP contribution in [0.4, 0.5) is 0 Å². The second-order valence-corrected chi connectivity index (χ2v) is 15.7. The van der Waals surface area contributed by atoms with E-state index < -0.39 is 100 Å². The number of esters is 2. The van der Waals surface area contributed by atoms with E-state index in [0.29, 0.717) is 6.42 Å². The Bertz CT molecular complexity index is 1420. The predicted molar refractivity (Wildman–Crippen MR) is 257 cm³/mol. The lowest BCUT2D eigenvalue weighted by Crippen LogP contribution is -2.69. The zero-order valence-electron chi connectivity index (χ0n) is 43.3. The number of carbonyl (C=O) groups is 3. The van der Waals surface area contributed by atoms with Gasteiger partial charge in [0.25, 0.3) is 0 Å². The van der Waals surface area contributed by atoms with Crippen molar-refractivity contribution in [2.75, 3.05) is 6.61 Å². The largest absolute Gasteiger partial charge is 0.455 e. The summed E-state index contributed by atoms with van der Waals surface area (Å²) in [5.41, 5.74) is -8.33. The first-order chi connectivity index (χ1) is 29.5. The molecular formula is C52H96O10. The highest BCUT2D eigenvalue weighted by molar-refractivity contribution is 6.05. The van der Waals surface area contributed by atoms with Crippen molar-refractivity contribution in [3.05, 3.63) is 48.1 Å². The van der Waals surface area contributed by atoms with Gasteiger partial charge in [-0.25, -0.2) is 4.79 Å². The number of aliphatic hydroxyl groups is 4. The molecule has 12 atom stereocenters. The molecule has 4 fully saturated rings. The Morgan fingerprint density at radius 2 is 1.39 bits per heavy atom. The number of unbranched alkanes of at least 4 members (excludes halogenated alkanes) is 3. The molecule has 1 saturated heterocycles. The van der Waals surface area contributed by atoms with E-state index in [1.165, 1.54) is 31.9 Å². The number of Topliss-reactive ketones (excluding diaryl/α,β-unsaturated/α-hetero) is 1. The molecule has 3 saturated carbocycles. The average molecular weight is 881 g/mol.